The van der Waals surface area contributed by atoms with Crippen LogP contribution in [0.2, 0.25) is 0 Å². The monoisotopic (exact) mass is 569 g/mol. The first kappa shape index (κ1) is 28.9. The first-order valence-electron chi connectivity index (χ1n) is 11.3. The predicted molar refractivity (Wildman–Crippen MR) is 147 cm³/mol. The van der Waals surface area contributed by atoms with Gasteiger partial charge < -0.3 is 20.9 Å². The minimum Gasteiger partial charge on any atom is -0.357 e. The Morgan fingerprint density at radius 2 is 1.97 bits per heavy atom. The number of carbonyl (C=O) groups excluding carboxylic acids is 1. The lowest BCUT2D eigenvalue weighted by Crippen LogP contribution is -2.43. The third-order valence-electron chi connectivity index (χ3n) is 5.35. The number of benzene rings is 1. The second-order valence-corrected chi connectivity index (χ2v) is 8.48. The summed E-state index contributed by atoms with van der Waals surface area (Å²) in [5, 5.41) is 14.3. The van der Waals surface area contributed by atoms with Crippen LogP contribution in [0.1, 0.15) is 46.7 Å². The van der Waals surface area contributed by atoms with Gasteiger partial charge in [0.05, 0.1) is 12.2 Å². The van der Waals surface area contributed by atoms with E-state index in [1.54, 1.807) is 0 Å². The molecule has 0 bridgehead atoms. The van der Waals surface area contributed by atoms with Gasteiger partial charge in [-0.3, -0.25) is 9.48 Å². The summed E-state index contributed by atoms with van der Waals surface area (Å²) in [6.07, 6.45) is 0.874. The van der Waals surface area contributed by atoms with Crippen LogP contribution in [0, 0.1) is 13.8 Å². The predicted octanol–water partition coefficient (Wildman–Crippen LogP) is 2.63. The fraction of sp³-hybridized carbons (Fsp3) is 0.542. The summed E-state index contributed by atoms with van der Waals surface area (Å²) in [5.74, 6) is 0.707. The van der Waals surface area contributed by atoms with Gasteiger partial charge in [0, 0.05) is 44.0 Å². The number of carbonyl (C=O) groups is 1. The number of nitrogens with one attached hydrogen (secondary N) is 3. The summed E-state index contributed by atoms with van der Waals surface area (Å²) in [7, 11) is 5.95. The third kappa shape index (κ3) is 9.32. The molecule has 0 spiro atoms. The summed E-state index contributed by atoms with van der Waals surface area (Å²) in [6, 6.07) is 7.84. The van der Waals surface area contributed by atoms with Crippen LogP contribution in [-0.2, 0) is 20.0 Å². The molecule has 1 aromatic carbocycles. The van der Waals surface area contributed by atoms with E-state index in [4.69, 9.17) is 4.99 Å². The van der Waals surface area contributed by atoms with Crippen molar-refractivity contribution in [3.05, 3.63) is 52.3 Å². The lowest BCUT2D eigenvalue weighted by atomic mass is 10.1. The molecule has 0 radical (unpaired) electrons. The largest absolute Gasteiger partial charge is 0.357 e. The summed E-state index contributed by atoms with van der Waals surface area (Å²) >= 11 is 0. The maximum atomic E-state index is 12.4. The summed E-state index contributed by atoms with van der Waals surface area (Å²) in [4.78, 5) is 19.2. The highest BCUT2D eigenvalue weighted by molar-refractivity contribution is 14.0. The molecule has 1 aromatic heterocycles. The van der Waals surface area contributed by atoms with E-state index in [-0.39, 0.29) is 35.9 Å². The molecule has 9 heteroatoms. The normalized spacial score (nSPS) is 12.3. The van der Waals surface area contributed by atoms with E-state index in [9.17, 15) is 4.79 Å². The molecule has 0 aliphatic heterocycles. The maximum Gasteiger partial charge on any atom is 0.251 e. The third-order valence-corrected chi connectivity index (χ3v) is 5.35. The molecule has 0 aliphatic rings. The fourth-order valence-electron chi connectivity index (χ4n) is 3.50. The minimum atomic E-state index is -0.0569. The van der Waals surface area contributed by atoms with Gasteiger partial charge >= 0.3 is 0 Å². The first-order chi connectivity index (χ1) is 15.2. The zero-order chi connectivity index (χ0) is 23.7. The molecule has 1 amide bonds. The number of hydrogen-bond donors (Lipinski definition) is 3. The SMILES string of the molecule is CCNC(=NCc1cccc(C(=O)NCCN(C)C)c1)NC(C)Cc1c(C)nn(C)c1C.I. The zero-order valence-corrected chi connectivity index (χ0v) is 23.4. The van der Waals surface area contributed by atoms with Crippen LogP contribution in [0.4, 0.5) is 0 Å². The molecule has 0 aliphatic carbocycles. The number of hydrogen-bond acceptors (Lipinski definition) is 4. The van der Waals surface area contributed by atoms with E-state index >= 15 is 0 Å². The van der Waals surface area contributed by atoms with Gasteiger partial charge in [-0.15, -0.1) is 24.0 Å². The topological polar surface area (TPSA) is 86.6 Å². The van der Waals surface area contributed by atoms with Crippen molar-refractivity contribution >= 4 is 35.8 Å². The van der Waals surface area contributed by atoms with Crippen molar-refractivity contribution in [2.24, 2.45) is 12.0 Å². The molecular formula is C24H40IN7O. The molecule has 0 fully saturated rings. The number of amides is 1. The summed E-state index contributed by atoms with van der Waals surface area (Å²) < 4.78 is 1.93. The molecular weight excluding hydrogens is 529 g/mol. The van der Waals surface area contributed by atoms with E-state index in [1.165, 1.54) is 11.3 Å². The Bertz CT molecular complexity index is 924. The van der Waals surface area contributed by atoms with Gasteiger partial charge in [0.2, 0.25) is 0 Å². The van der Waals surface area contributed by atoms with Crippen molar-refractivity contribution in [2.45, 2.75) is 46.7 Å². The Morgan fingerprint density at radius 1 is 1.24 bits per heavy atom. The van der Waals surface area contributed by atoms with Gasteiger partial charge in [0.1, 0.15) is 0 Å². The van der Waals surface area contributed by atoms with Crippen LogP contribution in [-0.4, -0.2) is 66.3 Å². The molecule has 0 saturated heterocycles. The number of guanidine groups is 1. The van der Waals surface area contributed by atoms with Crippen LogP contribution in [0.3, 0.4) is 0 Å². The molecule has 2 rings (SSSR count). The van der Waals surface area contributed by atoms with Crippen LogP contribution in [0.15, 0.2) is 29.3 Å². The van der Waals surface area contributed by atoms with Crippen molar-refractivity contribution < 1.29 is 4.79 Å². The number of rotatable bonds is 10. The zero-order valence-electron chi connectivity index (χ0n) is 21.0. The highest BCUT2D eigenvalue weighted by Gasteiger charge is 2.14. The second kappa shape index (κ2) is 14.2. The number of aromatic nitrogens is 2. The summed E-state index contributed by atoms with van der Waals surface area (Å²) in [5.41, 5.74) is 5.19. The average molecular weight is 570 g/mol. The number of aliphatic imine (C=N–C) groups is 1. The van der Waals surface area contributed by atoms with E-state index in [0.717, 1.165) is 36.7 Å². The first-order valence-corrected chi connectivity index (χ1v) is 11.3. The van der Waals surface area contributed by atoms with E-state index in [0.29, 0.717) is 18.7 Å². The van der Waals surface area contributed by atoms with Gasteiger partial charge in [-0.1, -0.05) is 12.1 Å². The Kier molecular flexibility index (Phi) is 12.4. The van der Waals surface area contributed by atoms with E-state index in [2.05, 4.69) is 48.7 Å². The van der Waals surface area contributed by atoms with Crippen LogP contribution < -0.4 is 16.0 Å². The van der Waals surface area contributed by atoms with Crippen molar-refractivity contribution in [3.8, 4) is 0 Å². The van der Waals surface area contributed by atoms with Crippen LogP contribution >= 0.6 is 24.0 Å². The Balaban J connectivity index is 0.00000544. The van der Waals surface area contributed by atoms with Gasteiger partial charge in [-0.2, -0.15) is 5.10 Å². The molecule has 184 valence electrons. The molecule has 8 nitrogen and oxygen atoms in total. The van der Waals surface area contributed by atoms with E-state index in [1.807, 2.05) is 55.0 Å². The quantitative estimate of drug-likeness (QED) is 0.233. The number of likely N-dealkylation sites (N-methyl/N-ethyl adjacent to an activating group) is 1. The summed E-state index contributed by atoms with van der Waals surface area (Å²) in [6.45, 7) is 11.1. The molecule has 1 heterocycles. The number of halogens is 1. The van der Waals surface area contributed by atoms with Gasteiger partial charge in [-0.25, -0.2) is 4.99 Å². The lowest BCUT2D eigenvalue weighted by molar-refractivity contribution is 0.0951. The van der Waals surface area contributed by atoms with Gasteiger partial charge in [0.15, 0.2) is 5.96 Å². The van der Waals surface area contributed by atoms with Gasteiger partial charge in [0.25, 0.3) is 5.91 Å². The molecule has 3 N–H and O–H groups in total. The Labute approximate surface area is 215 Å². The lowest BCUT2D eigenvalue weighted by Gasteiger charge is -2.18. The average Bonchev–Trinajstić information content (AvgIpc) is 2.98. The van der Waals surface area contributed by atoms with Crippen LogP contribution in [0.25, 0.3) is 0 Å². The number of aryl methyl sites for hydroxylation is 2. The highest BCUT2D eigenvalue weighted by Crippen LogP contribution is 2.14. The molecule has 1 atom stereocenters. The van der Waals surface area contributed by atoms with Crippen molar-refractivity contribution in [1.29, 1.82) is 0 Å². The van der Waals surface area contributed by atoms with Crippen molar-refractivity contribution in [1.82, 2.24) is 30.6 Å². The smallest absolute Gasteiger partial charge is 0.251 e. The fourth-order valence-corrected chi connectivity index (χ4v) is 3.50. The number of nitrogens with zero attached hydrogens (tertiary/aromatic N) is 4. The molecule has 2 aromatic rings. The minimum absolute atomic E-state index is 0. The van der Waals surface area contributed by atoms with E-state index < -0.39 is 0 Å². The van der Waals surface area contributed by atoms with Crippen molar-refractivity contribution in [2.75, 3.05) is 33.7 Å². The highest BCUT2D eigenvalue weighted by atomic mass is 127. The maximum absolute atomic E-state index is 12.4. The second-order valence-electron chi connectivity index (χ2n) is 8.48. The molecule has 33 heavy (non-hydrogen) atoms. The van der Waals surface area contributed by atoms with Crippen molar-refractivity contribution in [3.63, 3.8) is 0 Å². The molecule has 1 unspecified atom stereocenters. The Hall–Kier alpha value is -2.14. The molecule has 0 saturated carbocycles. The van der Waals surface area contributed by atoms with Gasteiger partial charge in [-0.05, 0) is 71.5 Å². The van der Waals surface area contributed by atoms with Crippen LogP contribution in [0.5, 0.6) is 0 Å². The Morgan fingerprint density at radius 3 is 2.58 bits per heavy atom. The standard InChI is InChI=1S/C24H39N7O.HI/c1-8-25-24(28-17(2)14-22-18(3)29-31(7)19(22)4)27-16-20-10-9-11-21(15-20)23(32)26-12-13-30(5)6;/h9-11,15,17H,8,12-14,16H2,1-7H3,(H,26,32)(H2,25,27,28);1H.